The summed E-state index contributed by atoms with van der Waals surface area (Å²) in [5.41, 5.74) is 1.12. The van der Waals surface area contributed by atoms with Crippen LogP contribution in [0, 0.1) is 13.8 Å². The van der Waals surface area contributed by atoms with Crippen LogP contribution in [0.2, 0.25) is 5.15 Å². The smallest absolute Gasteiger partial charge is 0.266 e. The lowest BCUT2D eigenvalue weighted by Crippen LogP contribution is -2.11. The van der Waals surface area contributed by atoms with Crippen LogP contribution in [0.1, 0.15) is 20.1 Å². The average Bonchev–Trinajstić information content (AvgIpc) is 2.59. The predicted molar refractivity (Wildman–Crippen MR) is 71.0 cm³/mol. The summed E-state index contributed by atoms with van der Waals surface area (Å²) in [7, 11) is 0. The molecule has 88 valence electrons. The summed E-state index contributed by atoms with van der Waals surface area (Å²) in [4.78, 5) is 17.7. The van der Waals surface area contributed by atoms with Crippen LogP contribution in [0.5, 0.6) is 0 Å². The van der Waals surface area contributed by atoms with Crippen molar-refractivity contribution in [1.82, 2.24) is 4.98 Å². The molecule has 2 aromatic heterocycles. The van der Waals surface area contributed by atoms with Gasteiger partial charge in [-0.2, -0.15) is 0 Å². The van der Waals surface area contributed by atoms with Crippen LogP contribution in [0.3, 0.4) is 0 Å². The van der Waals surface area contributed by atoms with E-state index in [2.05, 4.69) is 10.3 Å². The van der Waals surface area contributed by atoms with Crippen molar-refractivity contribution in [1.29, 1.82) is 0 Å². The molecule has 0 atom stereocenters. The van der Waals surface area contributed by atoms with Crippen molar-refractivity contribution in [2.75, 3.05) is 5.32 Å². The summed E-state index contributed by atoms with van der Waals surface area (Å²) in [6.45, 7) is 3.98. The van der Waals surface area contributed by atoms with Gasteiger partial charge in [0.05, 0.1) is 4.88 Å². The highest BCUT2D eigenvalue weighted by Gasteiger charge is 2.11. The van der Waals surface area contributed by atoms with E-state index in [0.717, 1.165) is 10.4 Å². The fourth-order valence-corrected chi connectivity index (χ4v) is 2.43. The van der Waals surface area contributed by atoms with Crippen molar-refractivity contribution in [3.8, 4) is 0 Å². The number of anilines is 1. The molecular weight excluding hydrogens is 256 g/mol. The highest BCUT2D eigenvalue weighted by atomic mass is 35.5. The molecular formula is C12H11ClN2OS. The van der Waals surface area contributed by atoms with Gasteiger partial charge in [0, 0.05) is 4.88 Å². The van der Waals surface area contributed by atoms with Crippen LogP contribution in [0.25, 0.3) is 0 Å². The molecule has 2 aromatic rings. The Morgan fingerprint density at radius 1 is 1.41 bits per heavy atom. The standard InChI is InChI=1S/C12H11ClN2OS/c1-7-6-9(17-8(7)2)12(16)15-11-5-3-4-10(13)14-11/h3-6H,1-2H3,(H,14,15,16). The number of carbonyl (C=O) groups is 1. The molecule has 0 fully saturated rings. The van der Waals surface area contributed by atoms with Gasteiger partial charge in [0.2, 0.25) is 0 Å². The summed E-state index contributed by atoms with van der Waals surface area (Å²) < 4.78 is 0. The van der Waals surface area contributed by atoms with Gasteiger partial charge < -0.3 is 5.32 Å². The van der Waals surface area contributed by atoms with Gasteiger partial charge in [0.25, 0.3) is 5.91 Å². The number of halogens is 1. The Morgan fingerprint density at radius 3 is 2.76 bits per heavy atom. The molecule has 17 heavy (non-hydrogen) atoms. The first-order chi connectivity index (χ1) is 8.06. The molecule has 3 nitrogen and oxygen atoms in total. The number of rotatable bonds is 2. The van der Waals surface area contributed by atoms with E-state index in [-0.39, 0.29) is 5.91 Å². The van der Waals surface area contributed by atoms with Crippen LogP contribution in [-0.2, 0) is 0 Å². The quantitative estimate of drug-likeness (QED) is 0.843. The molecule has 2 heterocycles. The first-order valence-corrected chi connectivity index (χ1v) is 6.26. The molecule has 0 saturated carbocycles. The number of thiophene rings is 1. The maximum absolute atomic E-state index is 11.9. The first kappa shape index (κ1) is 12.1. The van der Waals surface area contributed by atoms with E-state index in [4.69, 9.17) is 11.6 Å². The van der Waals surface area contributed by atoms with Crippen molar-refractivity contribution < 1.29 is 4.79 Å². The number of hydrogen-bond donors (Lipinski definition) is 1. The molecule has 0 bridgehead atoms. The van der Waals surface area contributed by atoms with Gasteiger partial charge in [-0.1, -0.05) is 17.7 Å². The Hall–Kier alpha value is -1.39. The highest BCUT2D eigenvalue weighted by molar-refractivity contribution is 7.14. The predicted octanol–water partition coefficient (Wildman–Crippen LogP) is 3.67. The third-order valence-electron chi connectivity index (χ3n) is 2.35. The SMILES string of the molecule is Cc1cc(C(=O)Nc2cccc(Cl)n2)sc1C. The lowest BCUT2D eigenvalue weighted by molar-refractivity contribution is 0.103. The molecule has 0 aromatic carbocycles. The third kappa shape index (κ3) is 2.84. The third-order valence-corrected chi connectivity index (χ3v) is 3.71. The highest BCUT2D eigenvalue weighted by Crippen LogP contribution is 2.21. The Balaban J connectivity index is 2.17. The van der Waals surface area contributed by atoms with Gasteiger partial charge in [0.15, 0.2) is 0 Å². The summed E-state index contributed by atoms with van der Waals surface area (Å²) in [6.07, 6.45) is 0. The molecule has 0 spiro atoms. The van der Waals surface area contributed by atoms with E-state index in [1.54, 1.807) is 18.2 Å². The number of carbonyl (C=O) groups excluding carboxylic acids is 1. The maximum atomic E-state index is 11.9. The van der Waals surface area contributed by atoms with Gasteiger partial charge in [0.1, 0.15) is 11.0 Å². The summed E-state index contributed by atoms with van der Waals surface area (Å²) >= 11 is 7.22. The average molecular weight is 267 g/mol. The molecule has 0 aliphatic heterocycles. The number of hydrogen-bond acceptors (Lipinski definition) is 3. The van der Waals surface area contributed by atoms with E-state index in [0.29, 0.717) is 15.8 Å². The number of nitrogens with zero attached hydrogens (tertiary/aromatic N) is 1. The maximum Gasteiger partial charge on any atom is 0.266 e. The van der Waals surface area contributed by atoms with Crippen LogP contribution in [0.15, 0.2) is 24.3 Å². The van der Waals surface area contributed by atoms with Crippen LogP contribution >= 0.6 is 22.9 Å². The minimum Gasteiger partial charge on any atom is -0.306 e. The number of amides is 1. The van der Waals surface area contributed by atoms with Crippen molar-refractivity contribution in [2.24, 2.45) is 0 Å². The molecule has 0 unspecified atom stereocenters. The summed E-state index contributed by atoms with van der Waals surface area (Å²) in [6, 6.07) is 6.99. The number of aryl methyl sites for hydroxylation is 2. The van der Waals surface area contributed by atoms with Crippen molar-refractivity contribution in [3.63, 3.8) is 0 Å². The summed E-state index contributed by atoms with van der Waals surface area (Å²) in [5.74, 6) is 0.312. The topological polar surface area (TPSA) is 42.0 Å². The Kier molecular flexibility index (Phi) is 3.45. The van der Waals surface area contributed by atoms with E-state index in [1.807, 2.05) is 19.9 Å². The van der Waals surface area contributed by atoms with Crippen molar-refractivity contribution in [2.45, 2.75) is 13.8 Å². The van der Waals surface area contributed by atoms with Gasteiger partial charge in [-0.15, -0.1) is 11.3 Å². The van der Waals surface area contributed by atoms with Gasteiger partial charge in [-0.3, -0.25) is 4.79 Å². The molecule has 0 aliphatic carbocycles. The molecule has 0 radical (unpaired) electrons. The Labute approximate surface area is 108 Å². The summed E-state index contributed by atoms with van der Waals surface area (Å²) in [5, 5.41) is 3.08. The molecule has 1 amide bonds. The molecule has 1 N–H and O–H groups in total. The van der Waals surface area contributed by atoms with Crippen LogP contribution in [0.4, 0.5) is 5.82 Å². The van der Waals surface area contributed by atoms with Crippen molar-refractivity contribution in [3.05, 3.63) is 44.7 Å². The normalized spacial score (nSPS) is 10.3. The monoisotopic (exact) mass is 266 g/mol. The second-order valence-corrected chi connectivity index (χ2v) is 5.29. The van der Waals surface area contributed by atoms with E-state index in [9.17, 15) is 4.79 Å². The van der Waals surface area contributed by atoms with Gasteiger partial charge in [-0.05, 0) is 37.6 Å². The first-order valence-electron chi connectivity index (χ1n) is 5.07. The van der Waals surface area contributed by atoms with Crippen LogP contribution < -0.4 is 5.32 Å². The lowest BCUT2D eigenvalue weighted by atomic mass is 10.3. The fraction of sp³-hybridized carbons (Fsp3) is 0.167. The largest absolute Gasteiger partial charge is 0.306 e. The second-order valence-electron chi connectivity index (χ2n) is 3.65. The van der Waals surface area contributed by atoms with Gasteiger partial charge in [-0.25, -0.2) is 4.98 Å². The number of aromatic nitrogens is 1. The molecule has 0 saturated heterocycles. The zero-order valence-electron chi connectivity index (χ0n) is 9.45. The fourth-order valence-electron chi connectivity index (χ4n) is 1.34. The van der Waals surface area contributed by atoms with Crippen molar-refractivity contribution >= 4 is 34.7 Å². The zero-order chi connectivity index (χ0) is 12.4. The number of pyridine rings is 1. The van der Waals surface area contributed by atoms with Crippen LogP contribution in [-0.4, -0.2) is 10.9 Å². The molecule has 2 rings (SSSR count). The molecule has 5 heteroatoms. The molecule has 0 aliphatic rings. The van der Waals surface area contributed by atoms with E-state index < -0.39 is 0 Å². The Bertz CT molecular complexity index is 546. The minimum atomic E-state index is -0.152. The minimum absolute atomic E-state index is 0.152. The second kappa shape index (κ2) is 4.85. The van der Waals surface area contributed by atoms with E-state index >= 15 is 0 Å². The zero-order valence-corrected chi connectivity index (χ0v) is 11.0. The lowest BCUT2D eigenvalue weighted by Gasteiger charge is -2.02. The Morgan fingerprint density at radius 2 is 2.18 bits per heavy atom. The van der Waals surface area contributed by atoms with E-state index in [1.165, 1.54) is 11.3 Å². The number of nitrogens with one attached hydrogen (secondary N) is 1. The van der Waals surface area contributed by atoms with Gasteiger partial charge >= 0.3 is 0 Å².